The molecule has 2 aliphatic heterocycles. The summed E-state index contributed by atoms with van der Waals surface area (Å²) in [5, 5.41) is 7.19. The summed E-state index contributed by atoms with van der Waals surface area (Å²) in [7, 11) is 0. The molecule has 1 aromatic carbocycles. The molecule has 2 heterocycles. The van der Waals surface area contributed by atoms with Gasteiger partial charge in [0.2, 0.25) is 11.8 Å². The van der Waals surface area contributed by atoms with Crippen LogP contribution in [0.25, 0.3) is 0 Å². The first-order valence-electron chi connectivity index (χ1n) is 9.03. The zero-order valence-corrected chi connectivity index (χ0v) is 16.2. The van der Waals surface area contributed by atoms with Crippen LogP contribution in [-0.2, 0) is 9.59 Å². The topological polar surface area (TPSA) is 64.7 Å². The van der Waals surface area contributed by atoms with Crippen LogP contribution in [0.4, 0.5) is 5.69 Å². The van der Waals surface area contributed by atoms with Gasteiger partial charge in [-0.15, -0.1) is 0 Å². The molecule has 2 amide bonds. The van der Waals surface area contributed by atoms with Crippen molar-refractivity contribution in [2.75, 3.05) is 50.7 Å². The molecule has 2 saturated heterocycles. The Morgan fingerprint density at radius 2 is 2.00 bits per heavy atom. The fraction of sp³-hybridized carbons (Fsp3) is 0.556. The number of anilines is 1. The van der Waals surface area contributed by atoms with Crippen LogP contribution in [-0.4, -0.2) is 62.5 Å². The number of carbonyl (C=O) groups excluding carboxylic acids is 2. The van der Waals surface area contributed by atoms with Gasteiger partial charge in [0.1, 0.15) is 5.92 Å². The number of hydrogen-bond donors (Lipinski definition) is 2. The van der Waals surface area contributed by atoms with E-state index in [0.717, 1.165) is 39.1 Å². The fourth-order valence-electron chi connectivity index (χ4n) is 3.43. The number of amides is 2. The van der Waals surface area contributed by atoms with Gasteiger partial charge in [-0.25, -0.2) is 0 Å². The Balaban J connectivity index is 1.48. The molecule has 1 unspecified atom stereocenters. The van der Waals surface area contributed by atoms with Crippen molar-refractivity contribution in [3.63, 3.8) is 0 Å². The first kappa shape index (κ1) is 19.4. The Morgan fingerprint density at radius 1 is 1.23 bits per heavy atom. The third-order valence-corrected chi connectivity index (χ3v) is 5.44. The highest BCUT2D eigenvalue weighted by Crippen LogP contribution is 2.33. The third-order valence-electron chi connectivity index (χ3n) is 4.88. The zero-order chi connectivity index (χ0) is 18.5. The summed E-state index contributed by atoms with van der Waals surface area (Å²) < 4.78 is 0. The van der Waals surface area contributed by atoms with Crippen LogP contribution in [0.15, 0.2) is 18.2 Å². The van der Waals surface area contributed by atoms with Crippen molar-refractivity contribution in [2.45, 2.75) is 12.8 Å². The number of nitrogens with zero attached hydrogens (tertiary/aromatic N) is 2. The molecule has 3 rings (SSSR count). The molecule has 0 aromatic heterocycles. The Labute approximate surface area is 163 Å². The molecule has 26 heavy (non-hydrogen) atoms. The second-order valence-corrected chi connectivity index (χ2v) is 7.51. The first-order valence-corrected chi connectivity index (χ1v) is 9.79. The predicted octanol–water partition coefficient (Wildman–Crippen LogP) is 1.76. The van der Waals surface area contributed by atoms with Crippen molar-refractivity contribution in [3.05, 3.63) is 28.2 Å². The maximum Gasteiger partial charge on any atom is 0.239 e. The lowest BCUT2D eigenvalue weighted by Gasteiger charge is -2.27. The molecule has 0 radical (unpaired) electrons. The van der Waals surface area contributed by atoms with Crippen LogP contribution in [0, 0.1) is 5.92 Å². The molecule has 142 valence electrons. The van der Waals surface area contributed by atoms with Gasteiger partial charge >= 0.3 is 0 Å². The van der Waals surface area contributed by atoms with Crippen molar-refractivity contribution < 1.29 is 9.59 Å². The van der Waals surface area contributed by atoms with Crippen LogP contribution in [0.3, 0.4) is 0 Å². The maximum atomic E-state index is 12.6. The minimum absolute atomic E-state index is 0.198. The van der Waals surface area contributed by atoms with Crippen LogP contribution in [0.1, 0.15) is 12.8 Å². The lowest BCUT2D eigenvalue weighted by Crippen LogP contribution is -2.44. The van der Waals surface area contributed by atoms with E-state index in [4.69, 9.17) is 23.2 Å². The van der Waals surface area contributed by atoms with E-state index in [-0.39, 0.29) is 11.8 Å². The number of nitrogens with one attached hydrogen (secondary N) is 2. The SMILES string of the molecule is O=C(NCCCN1CCNCC1)C1CCN(c2cc(Cl)ccc2Cl)C1=O. The quantitative estimate of drug-likeness (QED) is 0.565. The van der Waals surface area contributed by atoms with Crippen molar-refractivity contribution >= 4 is 40.7 Å². The highest BCUT2D eigenvalue weighted by molar-refractivity contribution is 6.36. The van der Waals surface area contributed by atoms with E-state index in [2.05, 4.69) is 15.5 Å². The van der Waals surface area contributed by atoms with Gasteiger partial charge < -0.3 is 20.4 Å². The van der Waals surface area contributed by atoms with Gasteiger partial charge in [-0.1, -0.05) is 23.2 Å². The lowest BCUT2D eigenvalue weighted by atomic mass is 10.1. The third kappa shape index (κ3) is 4.68. The molecule has 0 saturated carbocycles. The van der Waals surface area contributed by atoms with Crippen molar-refractivity contribution in [3.8, 4) is 0 Å². The smallest absolute Gasteiger partial charge is 0.239 e. The molecule has 6 nitrogen and oxygen atoms in total. The van der Waals surface area contributed by atoms with E-state index in [1.807, 2.05) is 0 Å². The Morgan fingerprint density at radius 3 is 2.77 bits per heavy atom. The molecule has 8 heteroatoms. The zero-order valence-electron chi connectivity index (χ0n) is 14.6. The monoisotopic (exact) mass is 398 g/mol. The second kappa shape index (κ2) is 9.04. The summed E-state index contributed by atoms with van der Waals surface area (Å²) in [6, 6.07) is 5.00. The molecule has 0 spiro atoms. The van der Waals surface area contributed by atoms with E-state index < -0.39 is 5.92 Å². The highest BCUT2D eigenvalue weighted by atomic mass is 35.5. The highest BCUT2D eigenvalue weighted by Gasteiger charge is 2.38. The molecule has 1 aromatic rings. The van der Waals surface area contributed by atoms with Gasteiger partial charge in [-0.3, -0.25) is 9.59 Å². The van der Waals surface area contributed by atoms with Crippen molar-refractivity contribution in [2.24, 2.45) is 5.92 Å². The number of piperazine rings is 1. The molecule has 2 aliphatic rings. The van der Waals surface area contributed by atoms with E-state index in [9.17, 15) is 9.59 Å². The average molecular weight is 399 g/mol. The van der Waals surface area contributed by atoms with Crippen molar-refractivity contribution in [1.29, 1.82) is 0 Å². The lowest BCUT2D eigenvalue weighted by molar-refractivity contribution is -0.132. The first-order chi connectivity index (χ1) is 12.6. The number of halogens is 2. The summed E-state index contributed by atoms with van der Waals surface area (Å²) in [5.41, 5.74) is 0.568. The molecule has 1 atom stereocenters. The van der Waals surface area contributed by atoms with Gasteiger partial charge in [-0.2, -0.15) is 0 Å². The van der Waals surface area contributed by atoms with E-state index >= 15 is 0 Å². The van der Waals surface area contributed by atoms with Gasteiger partial charge in [0.05, 0.1) is 10.7 Å². The maximum absolute atomic E-state index is 12.6. The Hall–Kier alpha value is -1.34. The summed E-state index contributed by atoms with van der Waals surface area (Å²) in [6.45, 7) is 6.15. The Kier molecular flexibility index (Phi) is 6.75. The number of rotatable bonds is 6. The Bertz CT molecular complexity index is 665. The molecule has 0 aliphatic carbocycles. The average Bonchev–Trinajstić information content (AvgIpc) is 3.03. The van der Waals surface area contributed by atoms with Crippen LogP contribution in [0.5, 0.6) is 0 Å². The molecular weight excluding hydrogens is 375 g/mol. The summed E-state index contributed by atoms with van der Waals surface area (Å²) in [5.74, 6) is -1.06. The van der Waals surface area contributed by atoms with E-state index in [0.29, 0.717) is 35.2 Å². The number of carbonyl (C=O) groups is 2. The van der Waals surface area contributed by atoms with Crippen LogP contribution >= 0.6 is 23.2 Å². The van der Waals surface area contributed by atoms with E-state index in [1.54, 1.807) is 23.1 Å². The van der Waals surface area contributed by atoms with Gasteiger partial charge in [-0.05, 0) is 37.6 Å². The number of benzene rings is 1. The second-order valence-electron chi connectivity index (χ2n) is 6.66. The van der Waals surface area contributed by atoms with Gasteiger partial charge in [0.25, 0.3) is 0 Å². The summed E-state index contributed by atoms with van der Waals surface area (Å²) in [4.78, 5) is 29.0. The molecular formula is C18H24Cl2N4O2. The van der Waals surface area contributed by atoms with Crippen LogP contribution < -0.4 is 15.5 Å². The normalized spacial score (nSPS) is 21.2. The largest absolute Gasteiger partial charge is 0.355 e. The minimum atomic E-state index is -0.649. The summed E-state index contributed by atoms with van der Waals surface area (Å²) >= 11 is 12.2. The van der Waals surface area contributed by atoms with Crippen molar-refractivity contribution in [1.82, 2.24) is 15.5 Å². The molecule has 2 fully saturated rings. The molecule has 2 N–H and O–H groups in total. The van der Waals surface area contributed by atoms with Crippen LogP contribution in [0.2, 0.25) is 10.0 Å². The van der Waals surface area contributed by atoms with Gasteiger partial charge in [0.15, 0.2) is 0 Å². The fourth-order valence-corrected chi connectivity index (χ4v) is 3.81. The standard InChI is InChI=1S/C18H24Cl2N4O2/c19-13-2-3-15(20)16(12-13)24-9-4-14(18(24)26)17(25)22-5-1-8-23-10-6-21-7-11-23/h2-3,12,14,21H,1,4-11H2,(H,22,25). The predicted molar refractivity (Wildman–Crippen MR) is 104 cm³/mol. The summed E-state index contributed by atoms with van der Waals surface area (Å²) in [6.07, 6.45) is 1.38. The number of hydrogen-bond acceptors (Lipinski definition) is 4. The molecule has 0 bridgehead atoms. The van der Waals surface area contributed by atoms with Gasteiger partial charge in [0, 0.05) is 44.3 Å². The van der Waals surface area contributed by atoms with E-state index in [1.165, 1.54) is 0 Å². The minimum Gasteiger partial charge on any atom is -0.355 e.